The Hall–Kier alpha value is 1.15. The van der Waals surface area contributed by atoms with Gasteiger partial charge >= 0.3 is 37.7 Å². The van der Waals surface area contributed by atoms with Crippen molar-refractivity contribution in [3.8, 4) is 0 Å². The minimum Gasteiger partial charge on any atom is -0.796 e. The van der Waals surface area contributed by atoms with Crippen molar-refractivity contribution in [3.63, 3.8) is 0 Å². The van der Waals surface area contributed by atoms with Crippen molar-refractivity contribution in [1.29, 1.82) is 0 Å². The van der Waals surface area contributed by atoms with Gasteiger partial charge in [0.2, 0.25) is 0 Å². The Balaban J connectivity index is -0.0000000480. The zero-order valence-electron chi connectivity index (χ0n) is 4.82. The van der Waals surface area contributed by atoms with Gasteiger partial charge in [-0.1, -0.05) is 6.92 Å². The molecule has 0 aliphatic rings. The molecule has 0 amide bonds. The first-order valence-corrected chi connectivity index (χ1v) is 2.33. The zero-order chi connectivity index (χ0) is 5.58. The van der Waals surface area contributed by atoms with Crippen LogP contribution >= 0.6 is 0 Å². The van der Waals surface area contributed by atoms with Crippen LogP contribution in [-0.4, -0.2) is 44.0 Å². The second-order valence-corrected chi connectivity index (χ2v) is 0.780. The standard InChI is InChI=1S/C3H6N.CH4S.Ca/c1-3(2)4;1-2;/h4H,1H2,2H3;2H,1H3;/q-1;;+2/p-1. The Morgan fingerprint density at radius 1 is 1.57 bits per heavy atom. The van der Waals surface area contributed by atoms with E-state index in [0.29, 0.717) is 5.70 Å². The number of nitrogens with one attached hydrogen (secondary N) is 1. The van der Waals surface area contributed by atoms with Crippen molar-refractivity contribution in [3.05, 3.63) is 18.0 Å². The van der Waals surface area contributed by atoms with Gasteiger partial charge in [0.1, 0.15) is 0 Å². The molecule has 7 heavy (non-hydrogen) atoms. The molecule has 0 rings (SSSR count). The maximum atomic E-state index is 6.39. The number of rotatable bonds is 0. The van der Waals surface area contributed by atoms with E-state index in [1.165, 1.54) is 0 Å². The molecule has 1 nitrogen and oxygen atoms in total. The topological polar surface area (TPSA) is 23.8 Å². The second kappa shape index (κ2) is 15.7. The fourth-order valence-electron chi connectivity index (χ4n) is 0. The summed E-state index contributed by atoms with van der Waals surface area (Å²) in [5.74, 6) is 0. The molecule has 0 radical (unpaired) electrons. The summed E-state index contributed by atoms with van der Waals surface area (Å²) in [5.41, 5.74) is 6.81. The van der Waals surface area contributed by atoms with E-state index in [-0.39, 0.29) is 37.7 Å². The van der Waals surface area contributed by atoms with E-state index >= 15 is 0 Å². The molecule has 0 aliphatic carbocycles. The van der Waals surface area contributed by atoms with Crippen LogP contribution in [0.1, 0.15) is 6.92 Å². The Morgan fingerprint density at radius 2 is 1.57 bits per heavy atom. The quantitative estimate of drug-likeness (QED) is 0.371. The first-order chi connectivity index (χ1) is 2.73. The second-order valence-electron chi connectivity index (χ2n) is 0.780. The van der Waals surface area contributed by atoms with Crippen LogP contribution in [0.4, 0.5) is 0 Å². The molecule has 0 fully saturated rings. The molecule has 0 aromatic heterocycles. The summed E-state index contributed by atoms with van der Waals surface area (Å²) >= 11 is 4.08. The van der Waals surface area contributed by atoms with Crippen LogP contribution in [0, 0.1) is 0 Å². The molecule has 0 aliphatic heterocycles. The van der Waals surface area contributed by atoms with E-state index in [1.807, 2.05) is 0 Å². The average molecular weight is 143 g/mol. The summed E-state index contributed by atoms with van der Waals surface area (Å²) in [7, 11) is 0. The molecule has 3 heteroatoms. The summed E-state index contributed by atoms with van der Waals surface area (Å²) in [5, 5.41) is 0. The van der Waals surface area contributed by atoms with Gasteiger partial charge in [-0.2, -0.15) is 12.0 Å². The largest absolute Gasteiger partial charge is 2.00 e. The maximum absolute atomic E-state index is 6.39. The van der Waals surface area contributed by atoms with Crippen LogP contribution in [0.3, 0.4) is 0 Å². The van der Waals surface area contributed by atoms with Gasteiger partial charge in [0.15, 0.2) is 0 Å². The van der Waals surface area contributed by atoms with Gasteiger partial charge in [-0.25, -0.2) is 0 Å². The molecule has 0 heterocycles. The van der Waals surface area contributed by atoms with Crippen molar-refractivity contribution in [2.45, 2.75) is 6.92 Å². The van der Waals surface area contributed by atoms with Gasteiger partial charge in [0, 0.05) is 0 Å². The van der Waals surface area contributed by atoms with E-state index in [0.717, 1.165) is 0 Å². The van der Waals surface area contributed by atoms with Crippen molar-refractivity contribution < 1.29 is 0 Å². The van der Waals surface area contributed by atoms with Gasteiger partial charge in [-0.15, -0.1) is 6.58 Å². The molecule has 0 spiro atoms. The van der Waals surface area contributed by atoms with Crippen molar-refractivity contribution in [2.24, 2.45) is 0 Å². The first-order valence-electron chi connectivity index (χ1n) is 1.51. The molecule has 0 unspecified atom stereocenters. The minimum atomic E-state index is 0. The number of hydrogen-bond donors (Lipinski definition) is 0. The molecule has 0 aromatic carbocycles. The average Bonchev–Trinajstić information content (AvgIpc) is 1.41. The maximum Gasteiger partial charge on any atom is 2.00 e. The van der Waals surface area contributed by atoms with Crippen LogP contribution in [0.25, 0.3) is 5.73 Å². The first kappa shape index (κ1) is 15.7. The Kier molecular flexibility index (Phi) is 35.2. The smallest absolute Gasteiger partial charge is 0.796 e. The Bertz CT molecular complexity index is 34.7. The van der Waals surface area contributed by atoms with Crippen LogP contribution in [-0.2, 0) is 12.6 Å². The van der Waals surface area contributed by atoms with Crippen LogP contribution in [0.5, 0.6) is 0 Å². The third-order valence-corrected chi connectivity index (χ3v) is 0. The van der Waals surface area contributed by atoms with Crippen molar-refractivity contribution >= 4 is 50.4 Å². The summed E-state index contributed by atoms with van der Waals surface area (Å²) < 4.78 is 0. The SMILES string of the molecule is C=C(C)[NH-].C[S-].[Ca+2]. The van der Waals surface area contributed by atoms with Crippen LogP contribution in [0.15, 0.2) is 12.3 Å². The Labute approximate surface area is 80.8 Å². The number of allylic oxidation sites excluding steroid dienone is 1. The van der Waals surface area contributed by atoms with Crippen molar-refractivity contribution in [2.75, 3.05) is 6.26 Å². The molecule has 0 saturated carbocycles. The van der Waals surface area contributed by atoms with Gasteiger partial charge in [0.25, 0.3) is 0 Å². The van der Waals surface area contributed by atoms with E-state index in [2.05, 4.69) is 19.2 Å². The predicted molar refractivity (Wildman–Crippen MR) is 38.2 cm³/mol. The molecule has 0 aromatic rings. The third-order valence-electron chi connectivity index (χ3n) is 0. The summed E-state index contributed by atoms with van der Waals surface area (Å²) in [4.78, 5) is 0. The monoisotopic (exact) mass is 143 g/mol. The molecule has 0 saturated heterocycles. The predicted octanol–water partition coefficient (Wildman–Crippen LogP) is 1.35. The van der Waals surface area contributed by atoms with Gasteiger partial charge in [0.05, 0.1) is 0 Å². The molecule has 38 valence electrons. The van der Waals surface area contributed by atoms with Gasteiger partial charge in [-0.05, 0) is 0 Å². The minimum absolute atomic E-state index is 0. The number of hydrogen-bond acceptors (Lipinski definition) is 1. The van der Waals surface area contributed by atoms with E-state index in [4.69, 9.17) is 5.73 Å². The Morgan fingerprint density at radius 3 is 1.57 bits per heavy atom. The third kappa shape index (κ3) is 143. The van der Waals surface area contributed by atoms with Crippen molar-refractivity contribution in [1.82, 2.24) is 0 Å². The molecular weight excluding hydrogens is 134 g/mol. The van der Waals surface area contributed by atoms with Gasteiger partial charge < -0.3 is 18.4 Å². The summed E-state index contributed by atoms with van der Waals surface area (Å²) in [6.45, 7) is 4.86. The van der Waals surface area contributed by atoms with Crippen LogP contribution < -0.4 is 0 Å². The van der Waals surface area contributed by atoms with E-state index in [1.54, 1.807) is 13.2 Å². The van der Waals surface area contributed by atoms with E-state index in [9.17, 15) is 0 Å². The van der Waals surface area contributed by atoms with Crippen LogP contribution in [0.2, 0.25) is 0 Å². The molecular formula is C4H9CaNS. The molecule has 1 N–H and O–H groups in total. The summed E-state index contributed by atoms with van der Waals surface area (Å²) in [6, 6.07) is 0. The fourth-order valence-corrected chi connectivity index (χ4v) is 0. The zero-order valence-corrected chi connectivity index (χ0v) is 7.85. The van der Waals surface area contributed by atoms with Gasteiger partial charge in [-0.3, -0.25) is 0 Å². The summed E-state index contributed by atoms with van der Waals surface area (Å²) in [6.07, 6.45) is 1.58. The molecule has 0 atom stereocenters. The normalized spacial score (nSPS) is 4.43. The molecule has 0 bridgehead atoms. The fraction of sp³-hybridized carbons (Fsp3) is 0.500. The van der Waals surface area contributed by atoms with E-state index < -0.39 is 0 Å².